The summed E-state index contributed by atoms with van der Waals surface area (Å²) in [5.74, 6) is -0.507. The molecule has 19 heteroatoms. The normalized spacial score (nSPS) is 19.4. The van der Waals surface area contributed by atoms with Gasteiger partial charge in [0.05, 0.1) is 40.9 Å². The van der Waals surface area contributed by atoms with Gasteiger partial charge in [0.2, 0.25) is 12.0 Å². The predicted octanol–water partition coefficient (Wildman–Crippen LogP) is 7.71. The van der Waals surface area contributed by atoms with Crippen LogP contribution in [0.4, 0.5) is 4.39 Å². The fourth-order valence-corrected chi connectivity index (χ4v) is 9.85. The van der Waals surface area contributed by atoms with Crippen molar-refractivity contribution in [3.05, 3.63) is 99.3 Å². The molecule has 7 heterocycles. The van der Waals surface area contributed by atoms with E-state index in [1.807, 2.05) is 13.8 Å². The first kappa shape index (κ1) is 45.7. The van der Waals surface area contributed by atoms with Gasteiger partial charge in [0, 0.05) is 61.3 Å². The molecule has 0 amide bonds. The number of piperazine rings is 1. The van der Waals surface area contributed by atoms with Crippen molar-refractivity contribution in [2.75, 3.05) is 72.8 Å². The summed E-state index contributed by atoms with van der Waals surface area (Å²) in [5.41, 5.74) is 4.24. The number of nitrogens with zero attached hydrogens (tertiary/aromatic N) is 6. The maximum atomic E-state index is 14.4. The maximum Gasteiger partial charge on any atom is 0.345 e. The van der Waals surface area contributed by atoms with E-state index < -0.39 is 24.0 Å². The van der Waals surface area contributed by atoms with Crippen LogP contribution in [0.3, 0.4) is 0 Å². The zero-order valence-electron chi connectivity index (χ0n) is 36.4. The molecule has 4 aliphatic heterocycles. The van der Waals surface area contributed by atoms with E-state index in [1.54, 1.807) is 42.6 Å². The number of halogens is 3. The van der Waals surface area contributed by atoms with Crippen LogP contribution in [-0.4, -0.2) is 132 Å². The lowest BCUT2D eigenvalue weighted by molar-refractivity contribution is -0.145. The van der Waals surface area contributed by atoms with Crippen LogP contribution in [0.25, 0.3) is 31.8 Å². The van der Waals surface area contributed by atoms with Crippen LogP contribution < -0.4 is 23.7 Å². The van der Waals surface area contributed by atoms with Gasteiger partial charge in [-0.1, -0.05) is 35.3 Å². The van der Waals surface area contributed by atoms with Crippen molar-refractivity contribution in [3.63, 3.8) is 0 Å². The molecule has 346 valence electrons. The number of hydrogen-bond acceptors (Lipinski definition) is 15. The van der Waals surface area contributed by atoms with Crippen LogP contribution >= 0.6 is 34.5 Å². The summed E-state index contributed by atoms with van der Waals surface area (Å²) in [5, 5.41) is 11.9. The summed E-state index contributed by atoms with van der Waals surface area (Å²) in [6.45, 7) is 9.47. The topological polar surface area (TPSA) is 160 Å². The summed E-state index contributed by atoms with van der Waals surface area (Å²) in [7, 11) is 2.10. The van der Waals surface area contributed by atoms with Crippen molar-refractivity contribution in [1.82, 2.24) is 29.7 Å². The Hall–Kier alpha value is -5.40. The Kier molecular flexibility index (Phi) is 14.0. The molecular weight excluding hydrogens is 915 g/mol. The Labute approximate surface area is 394 Å². The molecule has 6 aromatic rings. The van der Waals surface area contributed by atoms with Crippen LogP contribution in [0.1, 0.15) is 22.4 Å². The third kappa shape index (κ3) is 10.1. The zero-order chi connectivity index (χ0) is 45.9. The van der Waals surface area contributed by atoms with Gasteiger partial charge in [-0.15, -0.1) is 11.3 Å². The van der Waals surface area contributed by atoms with E-state index in [4.69, 9.17) is 56.4 Å². The summed E-state index contributed by atoms with van der Waals surface area (Å²) < 4.78 is 57.4. The number of likely N-dealkylation sites (N-methyl/N-ethyl adjacent to an activating group) is 1. The van der Waals surface area contributed by atoms with Crippen LogP contribution in [-0.2, 0) is 27.3 Å². The first-order valence-corrected chi connectivity index (χ1v) is 23.1. The van der Waals surface area contributed by atoms with Crippen LogP contribution in [0.15, 0.2) is 61.1 Å². The van der Waals surface area contributed by atoms with E-state index in [0.29, 0.717) is 108 Å². The van der Waals surface area contributed by atoms with E-state index in [0.717, 1.165) is 26.2 Å². The highest BCUT2D eigenvalue weighted by Gasteiger charge is 2.32. The molecule has 0 aliphatic carbocycles. The number of carboxylic acid groups (broad SMARTS) is 1. The summed E-state index contributed by atoms with van der Waals surface area (Å²) in [4.78, 5) is 37.0. The molecule has 1 N–H and O–H groups in total. The highest BCUT2D eigenvalue weighted by Crippen LogP contribution is 2.53. The van der Waals surface area contributed by atoms with E-state index in [2.05, 4.69) is 36.8 Å². The lowest BCUT2D eigenvalue weighted by Crippen LogP contribution is -2.49. The number of benzene rings is 3. The van der Waals surface area contributed by atoms with Gasteiger partial charge < -0.3 is 43.2 Å². The molecule has 15 nitrogen and oxygen atoms in total. The maximum absolute atomic E-state index is 14.4. The van der Waals surface area contributed by atoms with Crippen molar-refractivity contribution in [2.45, 2.75) is 45.2 Å². The number of thiophene rings is 1. The molecule has 0 unspecified atom stereocenters. The molecule has 2 fully saturated rings. The van der Waals surface area contributed by atoms with Gasteiger partial charge in [-0.05, 0) is 79.5 Å². The molecule has 3 atom stereocenters. The third-order valence-corrected chi connectivity index (χ3v) is 13.8. The SMILES string of the molecule is Cc1c(Cl)c2c(Cl)c(C)c1-c1c(-c3ccc(F)cc3)sc3ncnc(c13)O[C@@H](C(=O)O)Cc1cc(ccc1OCc1ccnc(OC[C@@H]3COCCO3)n1)OC[C@@H](CN1CCN(C)CC1)O2. The Morgan fingerprint density at radius 3 is 2.45 bits per heavy atom. The molecule has 0 spiro atoms. The lowest BCUT2D eigenvalue weighted by atomic mass is 9.92. The van der Waals surface area contributed by atoms with E-state index in [-0.39, 0.29) is 44.2 Å². The monoisotopic (exact) mass is 960 g/mol. The van der Waals surface area contributed by atoms with Crippen molar-refractivity contribution >= 4 is 50.7 Å². The number of hydrogen-bond donors (Lipinski definition) is 1. The lowest BCUT2D eigenvalue weighted by Gasteiger charge is -2.35. The van der Waals surface area contributed by atoms with Gasteiger partial charge in [-0.3, -0.25) is 4.90 Å². The molecule has 4 bridgehead atoms. The summed E-state index contributed by atoms with van der Waals surface area (Å²) in [6, 6.07) is 13.2. The van der Waals surface area contributed by atoms with Crippen molar-refractivity contribution in [3.8, 4) is 50.7 Å². The number of carbonyl (C=O) groups is 1. The predicted molar refractivity (Wildman–Crippen MR) is 246 cm³/mol. The quantitative estimate of drug-likeness (QED) is 0.142. The molecule has 0 radical (unpaired) electrons. The minimum Gasteiger partial charge on any atom is -0.490 e. The average molecular weight is 962 g/mol. The first-order chi connectivity index (χ1) is 32.0. The molecule has 3 aromatic carbocycles. The minimum absolute atomic E-state index is 0.00303. The minimum atomic E-state index is -1.48. The molecule has 4 aliphatic rings. The van der Waals surface area contributed by atoms with E-state index in [1.165, 1.54) is 29.8 Å². The second kappa shape index (κ2) is 20.2. The van der Waals surface area contributed by atoms with Gasteiger partial charge in [-0.25, -0.2) is 24.1 Å². The van der Waals surface area contributed by atoms with Gasteiger partial charge in [0.1, 0.15) is 60.5 Å². The summed E-state index contributed by atoms with van der Waals surface area (Å²) >= 11 is 16.0. The average Bonchev–Trinajstić information content (AvgIpc) is 3.71. The molecule has 10 rings (SSSR count). The number of ether oxygens (including phenoxy) is 7. The van der Waals surface area contributed by atoms with Gasteiger partial charge >= 0.3 is 12.0 Å². The van der Waals surface area contributed by atoms with Gasteiger partial charge in [-0.2, -0.15) is 4.98 Å². The Morgan fingerprint density at radius 1 is 0.924 bits per heavy atom. The first-order valence-electron chi connectivity index (χ1n) is 21.5. The standard InChI is InChI=1S/C47H47Cl2FN6O9S/c1-26-37-27(2)41(49)42(40(26)48)64-33(20-56-14-12-55(3)13-15-56)23-61-32-8-9-35(62-21-31-10-11-51-47(54-31)63-24-34-22-59-16-17-60-34)29(18-32)19-36(46(57)58)65-44-39-38(37)43(66-45(39)53-25-52-44)28-4-6-30(50)7-5-28/h4-11,18,25,33-34,36H,12-17,19-24H2,1-3H3,(H,57,58)/t33-,34+,36-/m1/s1. The Balaban J connectivity index is 1.13. The number of rotatable bonds is 10. The number of aliphatic carboxylic acids is 1. The smallest absolute Gasteiger partial charge is 0.345 e. The largest absolute Gasteiger partial charge is 0.490 e. The van der Waals surface area contributed by atoms with E-state index >= 15 is 0 Å². The van der Waals surface area contributed by atoms with Crippen LogP contribution in [0, 0.1) is 19.7 Å². The third-order valence-electron chi connectivity index (χ3n) is 11.7. The zero-order valence-corrected chi connectivity index (χ0v) is 38.8. The summed E-state index contributed by atoms with van der Waals surface area (Å²) in [6.07, 6.45) is 0.480. The van der Waals surface area contributed by atoms with Crippen LogP contribution in [0.2, 0.25) is 10.0 Å². The van der Waals surface area contributed by atoms with Gasteiger partial charge in [0.25, 0.3) is 0 Å². The Morgan fingerprint density at radius 2 is 1.71 bits per heavy atom. The Bertz CT molecular complexity index is 2690. The van der Waals surface area contributed by atoms with E-state index in [9.17, 15) is 14.3 Å². The second-order valence-corrected chi connectivity index (χ2v) is 18.1. The fraction of sp³-hybridized carbons (Fsp3) is 0.383. The van der Waals surface area contributed by atoms with Gasteiger partial charge in [0.15, 0.2) is 5.75 Å². The van der Waals surface area contributed by atoms with Crippen molar-refractivity contribution in [2.24, 2.45) is 0 Å². The number of aromatic nitrogens is 4. The highest BCUT2D eigenvalue weighted by molar-refractivity contribution is 7.22. The number of fused-ring (bicyclic) bond motifs is 7. The van der Waals surface area contributed by atoms with Crippen molar-refractivity contribution in [1.29, 1.82) is 0 Å². The van der Waals surface area contributed by atoms with Crippen molar-refractivity contribution < 1.29 is 47.4 Å². The fourth-order valence-electron chi connectivity index (χ4n) is 8.19. The molecule has 2 saturated heterocycles. The second-order valence-electron chi connectivity index (χ2n) is 16.3. The molecule has 66 heavy (non-hydrogen) atoms. The molecule has 3 aromatic heterocycles. The van der Waals surface area contributed by atoms with Crippen LogP contribution in [0.5, 0.6) is 29.1 Å². The highest BCUT2D eigenvalue weighted by atomic mass is 35.5. The molecular formula is C47H47Cl2FN6O9S. The molecule has 0 saturated carbocycles. The number of carboxylic acids is 1.